The highest BCUT2D eigenvalue weighted by molar-refractivity contribution is 5.86. The van der Waals surface area contributed by atoms with Crippen LogP contribution in [0.25, 0.3) is 0 Å². The van der Waals surface area contributed by atoms with E-state index in [-0.39, 0.29) is 18.3 Å². The van der Waals surface area contributed by atoms with Crippen LogP contribution < -0.4 is 11.1 Å². The number of rotatable bonds is 4. The van der Waals surface area contributed by atoms with Crippen molar-refractivity contribution < 1.29 is 14.7 Å². The van der Waals surface area contributed by atoms with Crippen molar-refractivity contribution in [1.82, 2.24) is 5.32 Å². The second-order valence-corrected chi connectivity index (χ2v) is 3.34. The Morgan fingerprint density at radius 2 is 1.71 bits per heavy atom. The van der Waals surface area contributed by atoms with Crippen molar-refractivity contribution >= 4 is 24.3 Å². The van der Waals surface area contributed by atoms with Crippen molar-refractivity contribution in [2.75, 3.05) is 0 Å². The average Bonchev–Trinajstić information content (AvgIpc) is 2.02. The van der Waals surface area contributed by atoms with Gasteiger partial charge in [0.2, 0.25) is 5.91 Å². The highest BCUT2D eigenvalue weighted by Crippen LogP contribution is 1.98. The van der Waals surface area contributed by atoms with Crippen molar-refractivity contribution in [3.63, 3.8) is 0 Å². The van der Waals surface area contributed by atoms with E-state index in [0.717, 1.165) is 0 Å². The quantitative estimate of drug-likeness (QED) is 0.626. The topological polar surface area (TPSA) is 92.4 Å². The molecule has 0 spiro atoms. The van der Waals surface area contributed by atoms with Crippen LogP contribution in [0.2, 0.25) is 0 Å². The van der Waals surface area contributed by atoms with Crippen molar-refractivity contribution in [1.29, 1.82) is 0 Å². The molecule has 6 heteroatoms. The van der Waals surface area contributed by atoms with Gasteiger partial charge in [0.1, 0.15) is 6.04 Å². The number of carbonyl (C=O) groups is 2. The molecule has 14 heavy (non-hydrogen) atoms. The van der Waals surface area contributed by atoms with Crippen LogP contribution in [-0.4, -0.2) is 29.1 Å². The zero-order valence-corrected chi connectivity index (χ0v) is 9.30. The minimum absolute atomic E-state index is 0. The molecule has 0 fully saturated rings. The van der Waals surface area contributed by atoms with Crippen LogP contribution in [-0.2, 0) is 9.59 Å². The van der Waals surface area contributed by atoms with E-state index in [9.17, 15) is 9.59 Å². The van der Waals surface area contributed by atoms with Gasteiger partial charge in [0.15, 0.2) is 0 Å². The standard InChI is InChI=1S/C8H16N2O3.ClH/c1-4(2)6(9)7(11)10-5(3)8(12)13;/h4-6H,9H2,1-3H3,(H,10,11)(H,12,13);1H/t5-,6-;/m0./s1. The zero-order valence-electron chi connectivity index (χ0n) is 8.48. The molecule has 0 aliphatic heterocycles. The summed E-state index contributed by atoms with van der Waals surface area (Å²) in [5.74, 6) is -1.49. The molecule has 1 amide bonds. The van der Waals surface area contributed by atoms with Gasteiger partial charge in [-0.15, -0.1) is 12.4 Å². The monoisotopic (exact) mass is 224 g/mol. The van der Waals surface area contributed by atoms with Gasteiger partial charge in [-0.3, -0.25) is 9.59 Å². The van der Waals surface area contributed by atoms with Gasteiger partial charge in [-0.05, 0) is 12.8 Å². The summed E-state index contributed by atoms with van der Waals surface area (Å²) in [5.41, 5.74) is 5.50. The van der Waals surface area contributed by atoms with Crippen molar-refractivity contribution in [2.24, 2.45) is 11.7 Å². The maximum Gasteiger partial charge on any atom is 0.325 e. The molecule has 4 N–H and O–H groups in total. The lowest BCUT2D eigenvalue weighted by Gasteiger charge is -2.17. The second-order valence-electron chi connectivity index (χ2n) is 3.34. The zero-order chi connectivity index (χ0) is 10.6. The number of halogens is 1. The van der Waals surface area contributed by atoms with Crippen LogP contribution in [0.5, 0.6) is 0 Å². The normalized spacial score (nSPS) is 14.1. The Morgan fingerprint density at radius 1 is 1.29 bits per heavy atom. The first-order valence-corrected chi connectivity index (χ1v) is 4.15. The van der Waals surface area contributed by atoms with E-state index >= 15 is 0 Å². The van der Waals surface area contributed by atoms with Gasteiger partial charge in [-0.1, -0.05) is 13.8 Å². The summed E-state index contributed by atoms with van der Waals surface area (Å²) >= 11 is 0. The van der Waals surface area contributed by atoms with Crippen molar-refractivity contribution in [2.45, 2.75) is 32.9 Å². The lowest BCUT2D eigenvalue weighted by atomic mass is 10.0. The molecule has 0 unspecified atom stereocenters. The Morgan fingerprint density at radius 3 is 2.00 bits per heavy atom. The largest absolute Gasteiger partial charge is 0.480 e. The number of amides is 1. The molecule has 84 valence electrons. The molecule has 0 aromatic rings. The molecule has 0 saturated heterocycles. The average molecular weight is 225 g/mol. The first kappa shape index (κ1) is 15.7. The predicted molar refractivity (Wildman–Crippen MR) is 55.3 cm³/mol. The molecule has 0 radical (unpaired) electrons. The van der Waals surface area contributed by atoms with E-state index in [1.165, 1.54) is 6.92 Å². The SMILES string of the molecule is CC(C)[C@H](N)C(=O)N[C@@H](C)C(=O)O.Cl. The van der Waals surface area contributed by atoms with Gasteiger partial charge in [-0.25, -0.2) is 0 Å². The second kappa shape index (κ2) is 6.62. The number of carboxylic acids is 1. The summed E-state index contributed by atoms with van der Waals surface area (Å²) in [6.45, 7) is 5.00. The van der Waals surface area contributed by atoms with Crippen LogP contribution >= 0.6 is 12.4 Å². The summed E-state index contributed by atoms with van der Waals surface area (Å²) in [6.07, 6.45) is 0. The molecule has 5 nitrogen and oxygen atoms in total. The molecule has 2 atom stereocenters. The Labute approximate surface area is 89.5 Å². The van der Waals surface area contributed by atoms with Crippen molar-refractivity contribution in [3.05, 3.63) is 0 Å². The summed E-state index contributed by atoms with van der Waals surface area (Å²) < 4.78 is 0. The lowest BCUT2D eigenvalue weighted by molar-refractivity contribution is -0.141. The molecular formula is C8H17ClN2O3. The number of hydrogen-bond donors (Lipinski definition) is 3. The third-order valence-electron chi connectivity index (χ3n) is 1.75. The molecule has 0 rings (SSSR count). The Balaban J connectivity index is 0. The number of nitrogens with two attached hydrogens (primary N) is 1. The molecule has 0 saturated carbocycles. The maximum atomic E-state index is 11.2. The van der Waals surface area contributed by atoms with E-state index < -0.39 is 24.0 Å². The summed E-state index contributed by atoms with van der Waals surface area (Å²) in [5, 5.41) is 10.8. The number of carboxylic acid groups (broad SMARTS) is 1. The Bertz CT molecular complexity index is 209. The molecule has 0 heterocycles. The third-order valence-corrected chi connectivity index (χ3v) is 1.75. The van der Waals surface area contributed by atoms with E-state index in [4.69, 9.17) is 10.8 Å². The van der Waals surface area contributed by atoms with Gasteiger partial charge in [-0.2, -0.15) is 0 Å². The van der Waals surface area contributed by atoms with E-state index in [1.54, 1.807) is 13.8 Å². The van der Waals surface area contributed by atoms with E-state index in [1.807, 2.05) is 0 Å². The van der Waals surface area contributed by atoms with Gasteiger partial charge in [0, 0.05) is 0 Å². The predicted octanol–water partition coefficient (Wildman–Crippen LogP) is -0.0192. The highest BCUT2D eigenvalue weighted by atomic mass is 35.5. The number of hydrogen-bond acceptors (Lipinski definition) is 3. The minimum Gasteiger partial charge on any atom is -0.480 e. The Kier molecular flexibility index (Phi) is 7.40. The van der Waals surface area contributed by atoms with Gasteiger partial charge in [0.25, 0.3) is 0 Å². The number of aliphatic carboxylic acids is 1. The molecular weight excluding hydrogens is 208 g/mol. The fourth-order valence-electron chi connectivity index (χ4n) is 0.674. The minimum atomic E-state index is -1.07. The fraction of sp³-hybridized carbons (Fsp3) is 0.750. The van der Waals surface area contributed by atoms with Crippen LogP contribution in [0.1, 0.15) is 20.8 Å². The first-order chi connectivity index (χ1) is 5.86. The van der Waals surface area contributed by atoms with E-state index in [2.05, 4.69) is 5.32 Å². The summed E-state index contributed by atoms with van der Waals surface area (Å²) in [6, 6.07) is -1.54. The number of carbonyl (C=O) groups excluding carboxylic acids is 1. The van der Waals surface area contributed by atoms with E-state index in [0.29, 0.717) is 0 Å². The number of nitrogens with one attached hydrogen (secondary N) is 1. The third kappa shape index (κ3) is 5.04. The van der Waals surface area contributed by atoms with Gasteiger partial charge < -0.3 is 16.2 Å². The summed E-state index contributed by atoms with van der Waals surface area (Å²) in [4.78, 5) is 21.6. The summed E-state index contributed by atoms with van der Waals surface area (Å²) in [7, 11) is 0. The highest BCUT2D eigenvalue weighted by Gasteiger charge is 2.21. The molecule has 0 bridgehead atoms. The van der Waals surface area contributed by atoms with Crippen LogP contribution in [0.15, 0.2) is 0 Å². The van der Waals surface area contributed by atoms with Crippen molar-refractivity contribution in [3.8, 4) is 0 Å². The molecule has 0 aromatic heterocycles. The molecule has 0 aromatic carbocycles. The van der Waals surface area contributed by atoms with Gasteiger partial charge in [0.05, 0.1) is 6.04 Å². The first-order valence-electron chi connectivity index (χ1n) is 4.15. The maximum absolute atomic E-state index is 11.2. The fourth-order valence-corrected chi connectivity index (χ4v) is 0.674. The van der Waals surface area contributed by atoms with Crippen LogP contribution in [0.3, 0.4) is 0 Å². The molecule has 0 aliphatic carbocycles. The smallest absolute Gasteiger partial charge is 0.325 e. The lowest BCUT2D eigenvalue weighted by Crippen LogP contribution is -2.49. The van der Waals surface area contributed by atoms with Crippen LogP contribution in [0.4, 0.5) is 0 Å². The van der Waals surface area contributed by atoms with Gasteiger partial charge >= 0.3 is 5.97 Å². The Hall–Kier alpha value is -0.810. The van der Waals surface area contributed by atoms with Crippen LogP contribution in [0, 0.1) is 5.92 Å². The molecule has 0 aliphatic rings.